The molecule has 60 valence electrons. The molecule has 0 aromatic rings. The van der Waals surface area contributed by atoms with Crippen LogP contribution in [0.4, 0.5) is 0 Å². The quantitative estimate of drug-likeness (QED) is 0.626. The van der Waals surface area contributed by atoms with E-state index in [2.05, 4.69) is 5.32 Å². The van der Waals surface area contributed by atoms with Gasteiger partial charge in [0.1, 0.15) is 5.78 Å². The number of carbonyl (C=O) groups is 1. The Morgan fingerprint density at radius 3 is 2.50 bits per heavy atom. The zero-order chi connectivity index (χ0) is 7.98. The highest BCUT2D eigenvalue weighted by molar-refractivity contribution is 5.82. The number of hydrogen-bond donors (Lipinski definition) is 1. The summed E-state index contributed by atoms with van der Waals surface area (Å²) < 4.78 is 0. The fourth-order valence-corrected chi connectivity index (χ4v) is 0.650. The van der Waals surface area contributed by atoms with Gasteiger partial charge in [-0.3, -0.25) is 4.79 Å². The van der Waals surface area contributed by atoms with Crippen LogP contribution in [0, 0.1) is 5.92 Å². The Bertz CT molecular complexity index is 101. The first-order valence-corrected chi connectivity index (χ1v) is 3.95. The zero-order valence-electron chi connectivity index (χ0n) is 7.11. The number of carbonyl (C=O) groups excluding carboxylic acids is 1. The van der Waals surface area contributed by atoms with Crippen molar-refractivity contribution >= 4 is 5.78 Å². The van der Waals surface area contributed by atoms with E-state index in [9.17, 15) is 4.79 Å². The highest BCUT2D eigenvalue weighted by atomic mass is 16.1. The summed E-state index contributed by atoms with van der Waals surface area (Å²) in [5.74, 6) is 0.545. The first-order chi connectivity index (χ1) is 4.72. The number of rotatable bonds is 5. The molecule has 1 N–H and O–H groups in total. The smallest absolute Gasteiger partial charge is 0.149 e. The van der Waals surface area contributed by atoms with E-state index in [4.69, 9.17) is 0 Å². The highest BCUT2D eigenvalue weighted by Crippen LogP contribution is 2.00. The summed E-state index contributed by atoms with van der Waals surface area (Å²) in [6.07, 6.45) is 0.949. The van der Waals surface area contributed by atoms with Crippen LogP contribution in [0.5, 0.6) is 0 Å². The molecule has 0 saturated carbocycles. The molecule has 0 rings (SSSR count). The Hall–Kier alpha value is -0.370. The van der Waals surface area contributed by atoms with E-state index in [1.807, 2.05) is 20.8 Å². The van der Waals surface area contributed by atoms with Gasteiger partial charge in [-0.05, 0) is 13.0 Å². The van der Waals surface area contributed by atoms with E-state index in [1.165, 1.54) is 0 Å². The number of Topliss-reactive ketones (excluding diaryl/α,β-unsaturated/α-hetero) is 1. The van der Waals surface area contributed by atoms with Gasteiger partial charge in [0, 0.05) is 5.92 Å². The molecule has 0 aliphatic rings. The van der Waals surface area contributed by atoms with E-state index in [0.29, 0.717) is 12.3 Å². The van der Waals surface area contributed by atoms with Crippen LogP contribution in [0.15, 0.2) is 0 Å². The molecule has 0 spiro atoms. The topological polar surface area (TPSA) is 29.1 Å². The lowest BCUT2D eigenvalue weighted by molar-refractivity contribution is -0.121. The van der Waals surface area contributed by atoms with Crippen LogP contribution in [0.3, 0.4) is 0 Å². The lowest BCUT2D eigenvalue weighted by Crippen LogP contribution is -2.26. The average molecular weight is 143 g/mol. The molecular weight excluding hydrogens is 126 g/mol. The molecule has 10 heavy (non-hydrogen) atoms. The van der Waals surface area contributed by atoms with E-state index in [1.54, 1.807) is 0 Å². The van der Waals surface area contributed by atoms with Crippen LogP contribution in [-0.2, 0) is 4.79 Å². The summed E-state index contributed by atoms with van der Waals surface area (Å²) in [5.41, 5.74) is 0. The molecule has 0 aliphatic carbocycles. The minimum absolute atomic E-state index is 0.221. The average Bonchev–Trinajstić information content (AvgIpc) is 1.98. The van der Waals surface area contributed by atoms with Gasteiger partial charge < -0.3 is 5.32 Å². The molecule has 0 amide bonds. The van der Waals surface area contributed by atoms with Crippen LogP contribution in [-0.4, -0.2) is 18.9 Å². The second kappa shape index (κ2) is 5.42. The predicted molar refractivity (Wildman–Crippen MR) is 43.0 cm³/mol. The molecule has 0 heterocycles. The SMILES string of the molecule is CCNCC(=O)C(C)CC. The van der Waals surface area contributed by atoms with Crippen molar-refractivity contribution < 1.29 is 4.79 Å². The number of nitrogens with one attached hydrogen (secondary N) is 1. The summed E-state index contributed by atoms with van der Waals surface area (Å²) in [4.78, 5) is 11.1. The molecule has 0 aromatic heterocycles. The van der Waals surface area contributed by atoms with Gasteiger partial charge in [-0.25, -0.2) is 0 Å². The molecule has 2 heteroatoms. The summed E-state index contributed by atoms with van der Waals surface area (Å²) >= 11 is 0. The zero-order valence-corrected chi connectivity index (χ0v) is 7.11. The maximum Gasteiger partial charge on any atom is 0.149 e. The third kappa shape index (κ3) is 3.62. The second-order valence-corrected chi connectivity index (χ2v) is 2.56. The van der Waals surface area contributed by atoms with Gasteiger partial charge >= 0.3 is 0 Å². The largest absolute Gasteiger partial charge is 0.310 e. The Labute approximate surface area is 63.0 Å². The third-order valence-corrected chi connectivity index (χ3v) is 1.71. The van der Waals surface area contributed by atoms with Crippen LogP contribution < -0.4 is 5.32 Å². The number of ketones is 1. The summed E-state index contributed by atoms with van der Waals surface area (Å²) in [6.45, 7) is 7.42. The lowest BCUT2D eigenvalue weighted by Gasteiger charge is -2.06. The van der Waals surface area contributed by atoms with Gasteiger partial charge in [-0.15, -0.1) is 0 Å². The molecule has 1 atom stereocenters. The monoisotopic (exact) mass is 143 g/mol. The van der Waals surface area contributed by atoms with Crippen molar-refractivity contribution in [2.75, 3.05) is 13.1 Å². The van der Waals surface area contributed by atoms with E-state index < -0.39 is 0 Å². The van der Waals surface area contributed by atoms with Gasteiger partial charge in [0.15, 0.2) is 0 Å². The van der Waals surface area contributed by atoms with Gasteiger partial charge in [0.25, 0.3) is 0 Å². The minimum Gasteiger partial charge on any atom is -0.310 e. The maximum atomic E-state index is 11.1. The van der Waals surface area contributed by atoms with Crippen molar-refractivity contribution in [2.24, 2.45) is 5.92 Å². The Kier molecular flexibility index (Phi) is 5.22. The van der Waals surface area contributed by atoms with Crippen LogP contribution in [0.1, 0.15) is 27.2 Å². The van der Waals surface area contributed by atoms with E-state index >= 15 is 0 Å². The van der Waals surface area contributed by atoms with Gasteiger partial charge in [-0.1, -0.05) is 20.8 Å². The molecule has 0 saturated heterocycles. The molecular formula is C8H17NO. The van der Waals surface area contributed by atoms with Crippen molar-refractivity contribution in [2.45, 2.75) is 27.2 Å². The molecule has 0 aliphatic heterocycles. The molecule has 0 fully saturated rings. The van der Waals surface area contributed by atoms with Crippen LogP contribution >= 0.6 is 0 Å². The first kappa shape index (κ1) is 9.63. The Morgan fingerprint density at radius 2 is 2.10 bits per heavy atom. The maximum absolute atomic E-state index is 11.1. The highest BCUT2D eigenvalue weighted by Gasteiger charge is 2.08. The molecule has 0 radical (unpaired) electrons. The Morgan fingerprint density at radius 1 is 1.50 bits per heavy atom. The lowest BCUT2D eigenvalue weighted by atomic mass is 10.0. The standard InChI is InChI=1S/C8H17NO/c1-4-7(3)8(10)6-9-5-2/h7,9H,4-6H2,1-3H3. The molecule has 0 aromatic carbocycles. The van der Waals surface area contributed by atoms with E-state index in [0.717, 1.165) is 13.0 Å². The van der Waals surface area contributed by atoms with E-state index in [-0.39, 0.29) is 5.92 Å². The fourth-order valence-electron chi connectivity index (χ4n) is 0.650. The van der Waals surface area contributed by atoms with Crippen molar-refractivity contribution in [3.63, 3.8) is 0 Å². The third-order valence-electron chi connectivity index (χ3n) is 1.71. The summed E-state index contributed by atoms with van der Waals surface area (Å²) in [5, 5.41) is 3.01. The van der Waals surface area contributed by atoms with Gasteiger partial charge in [0.05, 0.1) is 6.54 Å². The van der Waals surface area contributed by atoms with Gasteiger partial charge in [-0.2, -0.15) is 0 Å². The summed E-state index contributed by atoms with van der Waals surface area (Å²) in [7, 11) is 0. The predicted octanol–water partition coefficient (Wildman–Crippen LogP) is 1.21. The van der Waals surface area contributed by atoms with Crippen molar-refractivity contribution in [1.82, 2.24) is 5.32 Å². The van der Waals surface area contributed by atoms with Crippen LogP contribution in [0.2, 0.25) is 0 Å². The van der Waals surface area contributed by atoms with Crippen molar-refractivity contribution in [3.8, 4) is 0 Å². The number of hydrogen-bond acceptors (Lipinski definition) is 2. The normalized spacial score (nSPS) is 13.1. The second-order valence-electron chi connectivity index (χ2n) is 2.56. The summed E-state index contributed by atoms with van der Waals surface area (Å²) in [6, 6.07) is 0. The fraction of sp³-hybridized carbons (Fsp3) is 0.875. The molecule has 2 nitrogen and oxygen atoms in total. The number of likely N-dealkylation sites (N-methyl/N-ethyl adjacent to an activating group) is 1. The minimum atomic E-state index is 0.221. The first-order valence-electron chi connectivity index (χ1n) is 3.95. The van der Waals surface area contributed by atoms with Crippen molar-refractivity contribution in [1.29, 1.82) is 0 Å². The van der Waals surface area contributed by atoms with Crippen LogP contribution in [0.25, 0.3) is 0 Å². The van der Waals surface area contributed by atoms with Gasteiger partial charge in [0.2, 0.25) is 0 Å². The molecule has 0 bridgehead atoms. The molecule has 1 unspecified atom stereocenters. The Balaban J connectivity index is 3.42. The van der Waals surface area contributed by atoms with Crippen molar-refractivity contribution in [3.05, 3.63) is 0 Å².